The van der Waals surface area contributed by atoms with Crippen LogP contribution in [-0.2, 0) is 5.54 Å². The van der Waals surface area contributed by atoms with Crippen molar-refractivity contribution < 1.29 is 9.59 Å². The van der Waals surface area contributed by atoms with Gasteiger partial charge in [0.2, 0.25) is 0 Å². The van der Waals surface area contributed by atoms with Gasteiger partial charge >= 0.3 is 6.03 Å². The summed E-state index contributed by atoms with van der Waals surface area (Å²) in [4.78, 5) is 30.3. The second kappa shape index (κ2) is 6.60. The van der Waals surface area contributed by atoms with Crippen LogP contribution in [-0.4, -0.2) is 30.0 Å². The Balaban J connectivity index is 1.74. The van der Waals surface area contributed by atoms with Crippen LogP contribution in [0.2, 0.25) is 0 Å². The predicted molar refractivity (Wildman–Crippen MR) is 94.4 cm³/mol. The highest BCUT2D eigenvalue weighted by Gasteiger charge is 2.29. The number of anilines is 1. The van der Waals surface area contributed by atoms with Crippen LogP contribution in [0, 0.1) is 0 Å². The first-order valence-corrected chi connectivity index (χ1v) is 8.79. The first kappa shape index (κ1) is 16.4. The first-order chi connectivity index (χ1) is 11.5. The molecule has 2 heterocycles. The third-order valence-electron chi connectivity index (χ3n) is 4.30. The van der Waals surface area contributed by atoms with Crippen LogP contribution in [0.25, 0.3) is 0 Å². The molecule has 1 atom stereocenters. The number of amides is 3. The monoisotopic (exact) mass is 344 g/mol. The zero-order chi connectivity index (χ0) is 17.2. The third-order valence-corrected chi connectivity index (χ3v) is 5.34. The van der Waals surface area contributed by atoms with E-state index < -0.39 is 5.54 Å². The summed E-state index contributed by atoms with van der Waals surface area (Å²) in [5.74, 6) is -0.146. The van der Waals surface area contributed by atoms with Gasteiger partial charge in [-0.05, 0) is 37.6 Å². The predicted octanol–water partition coefficient (Wildman–Crippen LogP) is 2.73. The van der Waals surface area contributed by atoms with Crippen LogP contribution in [0.5, 0.6) is 0 Å². The van der Waals surface area contributed by atoms with E-state index in [9.17, 15) is 9.59 Å². The van der Waals surface area contributed by atoms with Gasteiger partial charge in [0, 0.05) is 35.9 Å². The number of thiazole rings is 1. The number of hydrogen-bond donors (Lipinski definition) is 2. The molecule has 24 heavy (non-hydrogen) atoms. The van der Waals surface area contributed by atoms with Crippen LogP contribution >= 0.6 is 11.3 Å². The van der Waals surface area contributed by atoms with Gasteiger partial charge in [0.1, 0.15) is 5.01 Å². The van der Waals surface area contributed by atoms with Crippen LogP contribution in [0.4, 0.5) is 10.5 Å². The standard InChI is InChI=1S/C17H20N4O2S/c1-3-17(2,15-18-9-11-24-15)20-14(22)12-4-6-13(7-5-12)21-10-8-19-16(21)23/h4-7,9,11H,3,8,10H2,1-2H3,(H,19,23)(H,20,22)/t17-/m0/s1. The van der Waals surface area contributed by atoms with Crippen molar-refractivity contribution in [2.24, 2.45) is 0 Å². The molecule has 6 nitrogen and oxygen atoms in total. The van der Waals surface area contributed by atoms with Crippen molar-refractivity contribution in [3.63, 3.8) is 0 Å². The number of benzene rings is 1. The van der Waals surface area contributed by atoms with Gasteiger partial charge < -0.3 is 10.6 Å². The Bertz CT molecular complexity index is 730. The summed E-state index contributed by atoms with van der Waals surface area (Å²) < 4.78 is 0. The van der Waals surface area contributed by atoms with E-state index in [0.717, 1.165) is 17.1 Å². The first-order valence-electron chi connectivity index (χ1n) is 7.91. The van der Waals surface area contributed by atoms with E-state index in [-0.39, 0.29) is 11.9 Å². The van der Waals surface area contributed by atoms with Crippen molar-refractivity contribution in [1.82, 2.24) is 15.6 Å². The zero-order valence-corrected chi connectivity index (χ0v) is 14.5. The molecule has 3 rings (SSSR count). The minimum absolute atomic E-state index is 0.102. The second-order valence-electron chi connectivity index (χ2n) is 5.91. The number of nitrogens with one attached hydrogen (secondary N) is 2. The number of nitrogens with zero attached hydrogens (tertiary/aromatic N) is 2. The molecule has 1 aliphatic rings. The van der Waals surface area contributed by atoms with E-state index in [2.05, 4.69) is 15.6 Å². The van der Waals surface area contributed by atoms with Crippen molar-refractivity contribution in [3.8, 4) is 0 Å². The average molecular weight is 344 g/mol. The van der Waals surface area contributed by atoms with Crippen molar-refractivity contribution in [3.05, 3.63) is 46.4 Å². The molecule has 1 aromatic heterocycles. The Morgan fingerprint density at radius 2 is 2.17 bits per heavy atom. The summed E-state index contributed by atoms with van der Waals surface area (Å²) in [6, 6.07) is 6.98. The van der Waals surface area contributed by atoms with Crippen molar-refractivity contribution in [1.29, 1.82) is 0 Å². The molecule has 3 amide bonds. The van der Waals surface area contributed by atoms with Gasteiger partial charge in [-0.15, -0.1) is 11.3 Å². The topological polar surface area (TPSA) is 74.3 Å². The SMILES string of the molecule is CC[C@](C)(NC(=O)c1ccc(N2CCNC2=O)cc1)c1nccs1. The molecule has 1 saturated heterocycles. The number of carbonyl (C=O) groups is 2. The number of aromatic nitrogens is 1. The normalized spacial score (nSPS) is 16.6. The molecule has 0 spiro atoms. The van der Waals surface area contributed by atoms with Gasteiger partial charge in [-0.25, -0.2) is 9.78 Å². The lowest BCUT2D eigenvalue weighted by molar-refractivity contribution is 0.0902. The van der Waals surface area contributed by atoms with E-state index >= 15 is 0 Å². The minimum atomic E-state index is -0.487. The maximum Gasteiger partial charge on any atom is 0.321 e. The molecular formula is C17H20N4O2S. The summed E-state index contributed by atoms with van der Waals surface area (Å²) in [6.45, 7) is 5.29. The number of rotatable bonds is 5. The maximum atomic E-state index is 12.6. The Labute approximate surface area is 144 Å². The highest BCUT2D eigenvalue weighted by molar-refractivity contribution is 7.09. The van der Waals surface area contributed by atoms with Gasteiger partial charge in [-0.1, -0.05) is 6.92 Å². The number of carbonyl (C=O) groups excluding carboxylic acids is 2. The molecule has 7 heteroatoms. The van der Waals surface area contributed by atoms with Crippen LogP contribution < -0.4 is 15.5 Å². The van der Waals surface area contributed by atoms with Crippen molar-refractivity contribution in [2.75, 3.05) is 18.0 Å². The molecule has 1 fully saturated rings. The summed E-state index contributed by atoms with van der Waals surface area (Å²) in [5, 5.41) is 8.64. The molecule has 1 aromatic carbocycles. The molecule has 126 valence electrons. The summed E-state index contributed by atoms with van der Waals surface area (Å²) in [5.41, 5.74) is 0.869. The van der Waals surface area contributed by atoms with Crippen LogP contribution in [0.1, 0.15) is 35.6 Å². The van der Waals surface area contributed by atoms with Crippen LogP contribution in [0.15, 0.2) is 35.8 Å². The van der Waals surface area contributed by atoms with E-state index in [0.29, 0.717) is 18.7 Å². The van der Waals surface area contributed by atoms with Crippen LogP contribution in [0.3, 0.4) is 0 Å². The largest absolute Gasteiger partial charge is 0.340 e. The fourth-order valence-electron chi connectivity index (χ4n) is 2.62. The Morgan fingerprint density at radius 1 is 1.42 bits per heavy atom. The Kier molecular flexibility index (Phi) is 4.53. The average Bonchev–Trinajstić information content (AvgIpc) is 3.26. The second-order valence-corrected chi connectivity index (χ2v) is 6.80. The highest BCUT2D eigenvalue weighted by atomic mass is 32.1. The minimum Gasteiger partial charge on any atom is -0.340 e. The zero-order valence-electron chi connectivity index (χ0n) is 13.7. The molecule has 0 bridgehead atoms. The maximum absolute atomic E-state index is 12.6. The third kappa shape index (κ3) is 3.12. The molecule has 1 aliphatic heterocycles. The van der Waals surface area contributed by atoms with Gasteiger partial charge in [0.05, 0.1) is 5.54 Å². The lowest BCUT2D eigenvalue weighted by Crippen LogP contribution is -2.43. The van der Waals surface area contributed by atoms with Crippen molar-refractivity contribution in [2.45, 2.75) is 25.8 Å². The number of urea groups is 1. The van der Waals surface area contributed by atoms with E-state index in [1.165, 1.54) is 11.3 Å². The lowest BCUT2D eigenvalue weighted by Gasteiger charge is -2.27. The Hall–Kier alpha value is -2.41. The molecular weight excluding hydrogens is 324 g/mol. The molecule has 0 aliphatic carbocycles. The quantitative estimate of drug-likeness (QED) is 0.876. The van der Waals surface area contributed by atoms with E-state index in [1.807, 2.05) is 19.2 Å². The van der Waals surface area contributed by atoms with Gasteiger partial charge in [0.25, 0.3) is 5.91 Å². The van der Waals surface area contributed by atoms with E-state index in [1.54, 1.807) is 35.4 Å². The fourth-order valence-corrected chi connectivity index (χ4v) is 3.45. The summed E-state index contributed by atoms with van der Waals surface area (Å²) in [6.07, 6.45) is 2.49. The lowest BCUT2D eigenvalue weighted by atomic mass is 9.99. The molecule has 2 N–H and O–H groups in total. The molecule has 0 saturated carbocycles. The Morgan fingerprint density at radius 3 is 2.71 bits per heavy atom. The van der Waals surface area contributed by atoms with Gasteiger partial charge in [-0.2, -0.15) is 0 Å². The molecule has 2 aromatic rings. The summed E-state index contributed by atoms with van der Waals surface area (Å²) >= 11 is 1.53. The highest BCUT2D eigenvalue weighted by Crippen LogP contribution is 2.27. The number of hydrogen-bond acceptors (Lipinski definition) is 4. The van der Waals surface area contributed by atoms with Gasteiger partial charge in [-0.3, -0.25) is 9.69 Å². The smallest absolute Gasteiger partial charge is 0.321 e. The van der Waals surface area contributed by atoms with E-state index in [4.69, 9.17) is 0 Å². The fraction of sp³-hybridized carbons (Fsp3) is 0.353. The molecule has 0 radical (unpaired) electrons. The van der Waals surface area contributed by atoms with Gasteiger partial charge in [0.15, 0.2) is 0 Å². The summed E-state index contributed by atoms with van der Waals surface area (Å²) in [7, 11) is 0. The van der Waals surface area contributed by atoms with Crippen molar-refractivity contribution >= 4 is 29.0 Å². The molecule has 0 unspecified atom stereocenters.